The van der Waals surface area contributed by atoms with Crippen LogP contribution in [0.2, 0.25) is 0 Å². The first-order chi connectivity index (χ1) is 13.0. The van der Waals surface area contributed by atoms with Gasteiger partial charge in [-0.05, 0) is 42.7 Å². The number of Topliss-reactive ketones (excluding diaryl/α,β-unsaturated/α-hetero) is 1. The fourth-order valence-electron chi connectivity index (χ4n) is 2.25. The molecular weight excluding hydrogens is 366 g/mol. The van der Waals surface area contributed by atoms with Crippen molar-refractivity contribution in [2.45, 2.75) is 26.7 Å². The van der Waals surface area contributed by atoms with Gasteiger partial charge >= 0.3 is 5.97 Å². The molecule has 0 spiro atoms. The van der Waals surface area contributed by atoms with Gasteiger partial charge in [-0.2, -0.15) is 0 Å². The Morgan fingerprint density at radius 2 is 1.78 bits per heavy atom. The monoisotopic (exact) mass is 389 g/mol. The number of esters is 1. The third-order valence-corrected chi connectivity index (χ3v) is 4.92. The summed E-state index contributed by atoms with van der Waals surface area (Å²) in [5.74, 6) is -0.354. The smallest absolute Gasteiger partial charge is 0.344 e. The molecule has 7 heteroatoms. The van der Waals surface area contributed by atoms with E-state index < -0.39 is 5.97 Å². The lowest BCUT2D eigenvalue weighted by Crippen LogP contribution is -2.22. The average molecular weight is 389 g/mol. The maximum Gasteiger partial charge on any atom is 0.344 e. The van der Waals surface area contributed by atoms with Gasteiger partial charge in [0.05, 0.1) is 4.88 Å². The van der Waals surface area contributed by atoms with Crippen LogP contribution in [0.25, 0.3) is 0 Å². The predicted octanol–water partition coefficient (Wildman–Crippen LogP) is 2.79. The highest BCUT2D eigenvalue weighted by molar-refractivity contribution is 7.14. The number of hydrogen-bond acceptors (Lipinski definition) is 6. The van der Waals surface area contributed by atoms with Crippen molar-refractivity contribution in [3.63, 3.8) is 0 Å². The number of carbonyl (C=O) groups excluding carboxylic acids is 3. The van der Waals surface area contributed by atoms with E-state index in [1.807, 2.05) is 18.2 Å². The number of ether oxygens (including phenoxy) is 2. The van der Waals surface area contributed by atoms with Crippen LogP contribution < -0.4 is 10.1 Å². The van der Waals surface area contributed by atoms with E-state index in [0.717, 1.165) is 11.3 Å². The summed E-state index contributed by atoms with van der Waals surface area (Å²) in [6, 6.07) is 11.0. The molecule has 0 bridgehead atoms. The summed E-state index contributed by atoms with van der Waals surface area (Å²) in [7, 11) is 0. The van der Waals surface area contributed by atoms with Gasteiger partial charge in [0.25, 0.3) is 0 Å². The van der Waals surface area contributed by atoms with Crippen LogP contribution in [0.5, 0.6) is 5.75 Å². The Bertz CT molecular complexity index is 782. The standard InChI is InChI=1S/C20H23NO5S/c1-3-15-4-6-16(7-5-15)25-13-20(24)26-12-18(23)19-9-8-17(27-19)10-11-21-14(2)22/h4-9H,3,10-13H2,1-2H3,(H,21,22). The molecule has 1 aromatic carbocycles. The van der Waals surface area contributed by atoms with E-state index in [1.54, 1.807) is 18.2 Å². The fraction of sp³-hybridized carbons (Fsp3) is 0.350. The van der Waals surface area contributed by atoms with Gasteiger partial charge < -0.3 is 14.8 Å². The summed E-state index contributed by atoms with van der Waals surface area (Å²) in [6.45, 7) is 3.48. The Kier molecular flexibility index (Phi) is 8.00. The zero-order valence-corrected chi connectivity index (χ0v) is 16.3. The van der Waals surface area contributed by atoms with Crippen molar-refractivity contribution in [2.24, 2.45) is 0 Å². The second kappa shape index (κ2) is 10.5. The Labute approximate surface area is 162 Å². The molecule has 27 heavy (non-hydrogen) atoms. The molecule has 0 aliphatic carbocycles. The molecule has 0 radical (unpaired) electrons. The molecule has 1 N–H and O–H groups in total. The number of benzene rings is 1. The van der Waals surface area contributed by atoms with Crippen LogP contribution in [-0.2, 0) is 27.2 Å². The quantitative estimate of drug-likeness (QED) is 0.499. The first-order valence-corrected chi connectivity index (χ1v) is 9.53. The van der Waals surface area contributed by atoms with E-state index in [9.17, 15) is 14.4 Å². The molecule has 2 aromatic rings. The summed E-state index contributed by atoms with van der Waals surface area (Å²) in [5.41, 5.74) is 1.18. The molecule has 0 unspecified atom stereocenters. The summed E-state index contributed by atoms with van der Waals surface area (Å²) in [4.78, 5) is 36.2. The highest BCUT2D eigenvalue weighted by atomic mass is 32.1. The first kappa shape index (κ1) is 20.6. The van der Waals surface area contributed by atoms with E-state index in [4.69, 9.17) is 9.47 Å². The largest absolute Gasteiger partial charge is 0.482 e. The van der Waals surface area contributed by atoms with Gasteiger partial charge in [-0.3, -0.25) is 9.59 Å². The van der Waals surface area contributed by atoms with Crippen LogP contribution in [0, 0.1) is 0 Å². The molecule has 1 aromatic heterocycles. The number of nitrogens with one attached hydrogen (secondary N) is 1. The number of carbonyl (C=O) groups is 3. The SMILES string of the molecule is CCc1ccc(OCC(=O)OCC(=O)c2ccc(CCNC(C)=O)s2)cc1. The molecule has 0 aliphatic heterocycles. The predicted molar refractivity (Wildman–Crippen MR) is 103 cm³/mol. The van der Waals surface area contributed by atoms with Crippen LogP contribution in [0.15, 0.2) is 36.4 Å². The van der Waals surface area contributed by atoms with Crippen molar-refractivity contribution in [3.05, 3.63) is 51.7 Å². The zero-order chi connectivity index (χ0) is 19.6. The van der Waals surface area contributed by atoms with Gasteiger partial charge in [-0.1, -0.05) is 19.1 Å². The van der Waals surface area contributed by atoms with E-state index in [1.165, 1.54) is 23.8 Å². The Morgan fingerprint density at radius 3 is 2.44 bits per heavy atom. The molecule has 2 rings (SSSR count). The van der Waals surface area contributed by atoms with E-state index in [2.05, 4.69) is 12.2 Å². The third kappa shape index (κ3) is 7.22. The Hall–Kier alpha value is -2.67. The molecule has 0 fully saturated rings. The molecule has 0 saturated carbocycles. The number of ketones is 1. The highest BCUT2D eigenvalue weighted by Crippen LogP contribution is 2.17. The lowest BCUT2D eigenvalue weighted by atomic mass is 10.2. The maximum absolute atomic E-state index is 12.1. The van der Waals surface area contributed by atoms with Crippen LogP contribution in [0.3, 0.4) is 0 Å². The van der Waals surface area contributed by atoms with Crippen molar-refractivity contribution in [2.75, 3.05) is 19.8 Å². The summed E-state index contributed by atoms with van der Waals surface area (Å²) < 4.78 is 10.3. The van der Waals surface area contributed by atoms with Crippen LogP contribution >= 0.6 is 11.3 Å². The lowest BCUT2D eigenvalue weighted by molar-refractivity contribution is -0.144. The molecule has 1 amide bonds. The molecule has 0 aliphatic rings. The molecule has 0 atom stereocenters. The summed E-state index contributed by atoms with van der Waals surface area (Å²) in [6.07, 6.45) is 1.59. The second-order valence-corrected chi connectivity index (χ2v) is 7.04. The number of rotatable bonds is 10. The summed E-state index contributed by atoms with van der Waals surface area (Å²) >= 11 is 1.33. The minimum atomic E-state index is -0.592. The van der Waals surface area contributed by atoms with Crippen molar-refractivity contribution in [1.82, 2.24) is 5.32 Å². The topological polar surface area (TPSA) is 81.7 Å². The lowest BCUT2D eigenvalue weighted by Gasteiger charge is -2.07. The maximum atomic E-state index is 12.1. The molecule has 144 valence electrons. The van der Waals surface area contributed by atoms with Gasteiger partial charge in [-0.25, -0.2) is 4.79 Å². The van der Waals surface area contributed by atoms with Crippen molar-refractivity contribution in [3.8, 4) is 5.75 Å². The minimum Gasteiger partial charge on any atom is -0.482 e. The third-order valence-electron chi connectivity index (χ3n) is 3.73. The minimum absolute atomic E-state index is 0.0849. The normalized spacial score (nSPS) is 10.3. The number of aryl methyl sites for hydroxylation is 1. The van der Waals surface area contributed by atoms with E-state index in [0.29, 0.717) is 23.6 Å². The molecule has 1 heterocycles. The fourth-order valence-corrected chi connectivity index (χ4v) is 3.18. The van der Waals surface area contributed by atoms with Gasteiger partial charge in [0.15, 0.2) is 13.2 Å². The Morgan fingerprint density at radius 1 is 1.04 bits per heavy atom. The van der Waals surface area contributed by atoms with Gasteiger partial charge in [0.1, 0.15) is 5.75 Å². The van der Waals surface area contributed by atoms with E-state index >= 15 is 0 Å². The van der Waals surface area contributed by atoms with Crippen molar-refractivity contribution >= 4 is 29.0 Å². The average Bonchev–Trinajstić information content (AvgIpc) is 3.13. The van der Waals surface area contributed by atoms with Crippen LogP contribution in [0.1, 0.15) is 34.0 Å². The van der Waals surface area contributed by atoms with Gasteiger partial charge in [0.2, 0.25) is 11.7 Å². The Balaban J connectivity index is 1.71. The van der Waals surface area contributed by atoms with Crippen molar-refractivity contribution in [1.29, 1.82) is 0 Å². The number of thiophene rings is 1. The first-order valence-electron chi connectivity index (χ1n) is 8.71. The van der Waals surface area contributed by atoms with Crippen LogP contribution in [-0.4, -0.2) is 37.4 Å². The summed E-state index contributed by atoms with van der Waals surface area (Å²) in [5, 5.41) is 2.71. The van der Waals surface area contributed by atoms with Gasteiger partial charge in [0, 0.05) is 18.3 Å². The molecule has 0 saturated heterocycles. The van der Waals surface area contributed by atoms with E-state index in [-0.39, 0.29) is 24.9 Å². The molecule has 6 nitrogen and oxygen atoms in total. The number of hydrogen-bond donors (Lipinski definition) is 1. The second-order valence-electron chi connectivity index (χ2n) is 5.87. The zero-order valence-electron chi connectivity index (χ0n) is 15.4. The van der Waals surface area contributed by atoms with Gasteiger partial charge in [-0.15, -0.1) is 11.3 Å². The van der Waals surface area contributed by atoms with Crippen LogP contribution in [0.4, 0.5) is 0 Å². The molecular formula is C20H23NO5S. The highest BCUT2D eigenvalue weighted by Gasteiger charge is 2.13. The number of amides is 1. The van der Waals surface area contributed by atoms with Crippen molar-refractivity contribution < 1.29 is 23.9 Å².